The second-order valence-electron chi connectivity index (χ2n) is 3.75. The molecular formula is C12H13N3O2S. The van der Waals surface area contributed by atoms with Crippen molar-refractivity contribution < 1.29 is 9.90 Å². The topological polar surface area (TPSA) is 75.1 Å². The molecule has 0 aliphatic rings. The van der Waals surface area contributed by atoms with E-state index in [1.807, 2.05) is 5.38 Å². The maximum absolute atomic E-state index is 10.9. The van der Waals surface area contributed by atoms with Gasteiger partial charge in [0.05, 0.1) is 5.69 Å². The third-order valence-corrected chi connectivity index (χ3v) is 3.22. The van der Waals surface area contributed by atoms with Crippen LogP contribution in [0.4, 0.5) is 0 Å². The van der Waals surface area contributed by atoms with Gasteiger partial charge in [-0.3, -0.25) is 0 Å². The number of rotatable bonds is 6. The summed E-state index contributed by atoms with van der Waals surface area (Å²) in [5, 5.41) is 16.3. The lowest BCUT2D eigenvalue weighted by Gasteiger charge is -2.05. The summed E-state index contributed by atoms with van der Waals surface area (Å²) >= 11 is 1.67. The van der Waals surface area contributed by atoms with Crippen LogP contribution in [0.15, 0.2) is 29.4 Å². The van der Waals surface area contributed by atoms with E-state index >= 15 is 0 Å². The van der Waals surface area contributed by atoms with Gasteiger partial charge in [0.1, 0.15) is 11.9 Å². The van der Waals surface area contributed by atoms with Crippen molar-refractivity contribution in [3.8, 4) is 0 Å². The van der Waals surface area contributed by atoms with Gasteiger partial charge in [-0.05, 0) is 35.4 Å². The molecule has 0 radical (unpaired) electrons. The first-order chi connectivity index (χ1) is 8.77. The lowest BCUT2D eigenvalue weighted by Crippen LogP contribution is -2.19. The van der Waals surface area contributed by atoms with E-state index in [2.05, 4.69) is 26.7 Å². The summed E-state index contributed by atoms with van der Waals surface area (Å²) in [6.45, 7) is 1.23. The van der Waals surface area contributed by atoms with Crippen molar-refractivity contribution in [2.24, 2.45) is 0 Å². The summed E-state index contributed by atoms with van der Waals surface area (Å²) in [4.78, 5) is 18.6. The van der Waals surface area contributed by atoms with Gasteiger partial charge in [0.15, 0.2) is 0 Å². The molecular weight excluding hydrogens is 250 g/mol. The van der Waals surface area contributed by atoms with Crippen LogP contribution in [0.2, 0.25) is 0 Å². The number of aromatic carboxylic acids is 1. The molecule has 94 valence electrons. The fraction of sp³-hybridized carbons (Fsp3) is 0.250. The minimum Gasteiger partial charge on any atom is -0.478 e. The number of nitrogens with zero attached hydrogens (tertiary/aromatic N) is 2. The molecule has 0 saturated heterocycles. The highest BCUT2D eigenvalue weighted by Gasteiger charge is 2.10. The van der Waals surface area contributed by atoms with Crippen LogP contribution in [0.1, 0.15) is 21.6 Å². The first kappa shape index (κ1) is 12.7. The number of carboxylic acid groups (broad SMARTS) is 1. The Morgan fingerprint density at radius 1 is 1.50 bits per heavy atom. The van der Waals surface area contributed by atoms with Gasteiger partial charge in [0.25, 0.3) is 0 Å². The first-order valence-electron chi connectivity index (χ1n) is 5.51. The summed E-state index contributed by atoms with van der Waals surface area (Å²) in [7, 11) is 0. The van der Waals surface area contributed by atoms with Gasteiger partial charge in [-0.25, -0.2) is 14.8 Å². The summed E-state index contributed by atoms with van der Waals surface area (Å²) < 4.78 is 0. The highest BCUT2D eigenvalue weighted by molar-refractivity contribution is 7.07. The largest absolute Gasteiger partial charge is 0.478 e. The summed E-state index contributed by atoms with van der Waals surface area (Å²) in [5.41, 5.74) is 1.96. The van der Waals surface area contributed by atoms with Crippen molar-refractivity contribution in [2.75, 3.05) is 6.54 Å². The molecule has 2 rings (SSSR count). The minimum absolute atomic E-state index is 0.153. The SMILES string of the molecule is O=C(O)c1cncnc1CNCCc1ccsc1. The average molecular weight is 263 g/mol. The summed E-state index contributed by atoms with van der Waals surface area (Å²) in [5.74, 6) is -0.995. The average Bonchev–Trinajstić information content (AvgIpc) is 2.88. The van der Waals surface area contributed by atoms with Crippen molar-refractivity contribution in [1.82, 2.24) is 15.3 Å². The number of carboxylic acids is 1. The van der Waals surface area contributed by atoms with E-state index in [-0.39, 0.29) is 5.56 Å². The predicted octanol–water partition coefficient (Wildman–Crippen LogP) is 1.57. The molecule has 2 heterocycles. The Labute approximate surface area is 109 Å². The molecule has 0 amide bonds. The zero-order valence-electron chi connectivity index (χ0n) is 9.67. The van der Waals surface area contributed by atoms with E-state index in [0.29, 0.717) is 12.2 Å². The fourth-order valence-corrected chi connectivity index (χ4v) is 2.25. The minimum atomic E-state index is -0.995. The molecule has 18 heavy (non-hydrogen) atoms. The number of hydrogen-bond acceptors (Lipinski definition) is 5. The highest BCUT2D eigenvalue weighted by Crippen LogP contribution is 2.06. The Balaban J connectivity index is 1.85. The van der Waals surface area contributed by atoms with Gasteiger partial charge in [-0.15, -0.1) is 0 Å². The van der Waals surface area contributed by atoms with Gasteiger partial charge in [0.2, 0.25) is 0 Å². The quantitative estimate of drug-likeness (QED) is 0.774. The Morgan fingerprint density at radius 3 is 3.11 bits per heavy atom. The molecule has 0 aromatic carbocycles. The monoisotopic (exact) mass is 263 g/mol. The standard InChI is InChI=1S/C12H13N3O2S/c16-12(17)10-5-14-8-15-11(10)6-13-3-1-9-2-4-18-7-9/h2,4-5,7-8,13H,1,3,6H2,(H,16,17). The van der Waals surface area contributed by atoms with Crippen molar-refractivity contribution in [1.29, 1.82) is 0 Å². The van der Waals surface area contributed by atoms with Gasteiger partial charge in [-0.1, -0.05) is 0 Å². The number of nitrogens with one attached hydrogen (secondary N) is 1. The third-order valence-electron chi connectivity index (χ3n) is 2.49. The van der Waals surface area contributed by atoms with E-state index in [0.717, 1.165) is 13.0 Å². The number of carbonyl (C=O) groups is 1. The molecule has 0 aliphatic carbocycles. The van der Waals surface area contributed by atoms with Crippen molar-refractivity contribution in [2.45, 2.75) is 13.0 Å². The highest BCUT2D eigenvalue weighted by atomic mass is 32.1. The molecule has 2 aromatic rings. The molecule has 2 N–H and O–H groups in total. The molecule has 6 heteroatoms. The van der Waals surface area contributed by atoms with Gasteiger partial charge < -0.3 is 10.4 Å². The fourth-order valence-electron chi connectivity index (χ4n) is 1.55. The molecule has 0 unspecified atom stereocenters. The number of aromatic nitrogens is 2. The Bertz CT molecular complexity index is 514. The molecule has 0 fully saturated rings. The lowest BCUT2D eigenvalue weighted by molar-refractivity contribution is 0.0694. The molecule has 0 saturated carbocycles. The smallest absolute Gasteiger partial charge is 0.339 e. The van der Waals surface area contributed by atoms with Crippen molar-refractivity contribution in [3.63, 3.8) is 0 Å². The second kappa shape index (κ2) is 6.23. The van der Waals surface area contributed by atoms with Gasteiger partial charge in [0, 0.05) is 12.7 Å². The first-order valence-corrected chi connectivity index (χ1v) is 6.45. The van der Waals surface area contributed by atoms with Crippen LogP contribution >= 0.6 is 11.3 Å². The van der Waals surface area contributed by atoms with E-state index in [9.17, 15) is 4.79 Å². The van der Waals surface area contributed by atoms with E-state index in [4.69, 9.17) is 5.11 Å². The van der Waals surface area contributed by atoms with Crippen LogP contribution in [0, 0.1) is 0 Å². The summed E-state index contributed by atoms with van der Waals surface area (Å²) in [6, 6.07) is 2.08. The Kier molecular flexibility index (Phi) is 4.38. The van der Waals surface area contributed by atoms with Gasteiger partial charge in [-0.2, -0.15) is 11.3 Å². The normalized spacial score (nSPS) is 10.4. The van der Waals surface area contributed by atoms with Crippen LogP contribution in [0.25, 0.3) is 0 Å². The zero-order chi connectivity index (χ0) is 12.8. The third kappa shape index (κ3) is 3.35. The lowest BCUT2D eigenvalue weighted by atomic mass is 10.2. The Hall–Kier alpha value is -1.79. The van der Waals surface area contributed by atoms with Crippen molar-refractivity contribution >= 4 is 17.3 Å². The molecule has 0 aliphatic heterocycles. The predicted molar refractivity (Wildman–Crippen MR) is 68.7 cm³/mol. The van der Waals surface area contributed by atoms with Crippen LogP contribution in [-0.4, -0.2) is 27.6 Å². The van der Waals surface area contributed by atoms with Crippen LogP contribution in [0.3, 0.4) is 0 Å². The number of thiophene rings is 1. The Morgan fingerprint density at radius 2 is 2.39 bits per heavy atom. The number of hydrogen-bond donors (Lipinski definition) is 2. The van der Waals surface area contributed by atoms with Gasteiger partial charge >= 0.3 is 5.97 Å². The molecule has 0 spiro atoms. The van der Waals surface area contributed by atoms with Crippen LogP contribution in [0.5, 0.6) is 0 Å². The van der Waals surface area contributed by atoms with E-state index in [1.54, 1.807) is 11.3 Å². The van der Waals surface area contributed by atoms with Crippen LogP contribution < -0.4 is 5.32 Å². The maximum Gasteiger partial charge on any atom is 0.339 e. The summed E-state index contributed by atoms with van der Waals surface area (Å²) in [6.07, 6.45) is 3.62. The van der Waals surface area contributed by atoms with Crippen LogP contribution in [-0.2, 0) is 13.0 Å². The maximum atomic E-state index is 10.9. The molecule has 0 atom stereocenters. The molecule has 5 nitrogen and oxygen atoms in total. The van der Waals surface area contributed by atoms with E-state index in [1.165, 1.54) is 18.1 Å². The molecule has 0 bridgehead atoms. The van der Waals surface area contributed by atoms with E-state index < -0.39 is 5.97 Å². The second-order valence-corrected chi connectivity index (χ2v) is 4.53. The zero-order valence-corrected chi connectivity index (χ0v) is 10.5. The van der Waals surface area contributed by atoms with Crippen molar-refractivity contribution in [3.05, 3.63) is 46.2 Å². The molecule has 2 aromatic heterocycles.